The smallest absolute Gasteiger partial charge is 0.488 e. The number of benzene rings is 3. The number of hydrogen-bond acceptors (Lipinski definition) is 8. The maximum absolute atomic E-state index is 15.2. The summed E-state index contributed by atoms with van der Waals surface area (Å²) in [5.74, 6) is -2.83. The molecule has 244 valence electrons. The second kappa shape index (κ2) is 14.3. The normalized spacial score (nSPS) is 14.6. The Labute approximate surface area is 270 Å². The first kappa shape index (κ1) is 33.5. The Balaban J connectivity index is 1.43. The number of nitrogens with zero attached hydrogens (tertiary/aromatic N) is 2. The van der Waals surface area contributed by atoms with E-state index in [1.165, 1.54) is 36.7 Å². The largest absolute Gasteiger partial charge is 0.573 e. The lowest BCUT2D eigenvalue weighted by atomic mass is 9.96. The third-order valence-electron chi connectivity index (χ3n) is 7.42. The molecule has 3 N–H and O–H groups in total. The first-order chi connectivity index (χ1) is 22.5. The molecule has 5 rings (SSSR count). The van der Waals surface area contributed by atoms with E-state index in [2.05, 4.69) is 15.0 Å². The number of carbonyl (C=O) groups is 1. The zero-order valence-electron chi connectivity index (χ0n) is 24.4. The monoisotopic (exact) mass is 671 g/mol. The fraction of sp³-hybridized carbons (Fsp3) is 0.242. The summed E-state index contributed by atoms with van der Waals surface area (Å²) in [6, 6.07) is 14.1. The quantitative estimate of drug-likeness (QED) is 0.145. The molecule has 0 fully saturated rings. The van der Waals surface area contributed by atoms with Gasteiger partial charge in [0.15, 0.2) is 11.6 Å². The van der Waals surface area contributed by atoms with Gasteiger partial charge in [0.05, 0.1) is 17.2 Å². The van der Waals surface area contributed by atoms with Crippen molar-refractivity contribution in [3.63, 3.8) is 0 Å². The fourth-order valence-corrected chi connectivity index (χ4v) is 5.49. The first-order valence-electron chi connectivity index (χ1n) is 14.2. The number of aliphatic carboxylic acids is 1. The molecule has 0 bridgehead atoms. The van der Waals surface area contributed by atoms with Crippen LogP contribution in [0.1, 0.15) is 40.3 Å². The van der Waals surface area contributed by atoms with Crippen molar-refractivity contribution < 1.29 is 46.8 Å². The van der Waals surface area contributed by atoms with Gasteiger partial charge in [-0.25, -0.2) is 4.39 Å². The van der Waals surface area contributed by atoms with Crippen LogP contribution in [0.5, 0.6) is 17.2 Å². The number of alkyl halides is 3. The van der Waals surface area contributed by atoms with E-state index in [9.17, 15) is 33.4 Å². The number of aliphatic hydroxyl groups is 1. The topological polar surface area (TPSA) is 134 Å². The average Bonchev–Trinajstić information content (AvgIpc) is 3.45. The molecule has 1 aliphatic rings. The highest BCUT2D eigenvalue weighted by atomic mass is 35.5. The number of hydrogen-bond donors (Lipinski definition) is 3. The van der Waals surface area contributed by atoms with Crippen LogP contribution in [0, 0.1) is 17.1 Å². The summed E-state index contributed by atoms with van der Waals surface area (Å²) in [7, 11) is 0. The third kappa shape index (κ3) is 7.91. The predicted molar refractivity (Wildman–Crippen MR) is 160 cm³/mol. The molecular formula is C33H26ClF4N3O6. The van der Waals surface area contributed by atoms with E-state index in [1.807, 2.05) is 6.07 Å². The van der Waals surface area contributed by atoms with Gasteiger partial charge in [-0.05, 0) is 47.7 Å². The minimum absolute atomic E-state index is 0.00272. The molecule has 1 aliphatic carbocycles. The van der Waals surface area contributed by atoms with Gasteiger partial charge in [-0.15, -0.1) is 13.2 Å². The van der Waals surface area contributed by atoms with Crippen molar-refractivity contribution in [3.8, 4) is 34.4 Å². The Bertz CT molecular complexity index is 1830. The van der Waals surface area contributed by atoms with Crippen molar-refractivity contribution in [1.29, 1.82) is 5.26 Å². The van der Waals surface area contributed by atoms with Crippen LogP contribution < -0.4 is 19.5 Å². The van der Waals surface area contributed by atoms with Crippen LogP contribution in [0.15, 0.2) is 67.0 Å². The van der Waals surface area contributed by atoms with E-state index >= 15 is 4.39 Å². The number of carboxylic acids is 1. The maximum atomic E-state index is 15.2. The maximum Gasteiger partial charge on any atom is 0.573 e. The van der Waals surface area contributed by atoms with Crippen LogP contribution in [0.4, 0.5) is 17.6 Å². The van der Waals surface area contributed by atoms with Gasteiger partial charge in [-0.1, -0.05) is 41.9 Å². The SMILES string of the molecule is N#Cc1cncc(COc2cc(O[C@H]3CCc4c(-c5cccc(OC(F)(F)F)c5F)cccc43)c(Cl)cc2CN[C@@H](CO)C(=O)O)c1. The fourth-order valence-electron chi connectivity index (χ4n) is 5.26. The molecule has 2 atom stereocenters. The summed E-state index contributed by atoms with van der Waals surface area (Å²) in [6.07, 6.45) is -1.80. The van der Waals surface area contributed by atoms with Crippen LogP contribution in [0.2, 0.25) is 5.02 Å². The predicted octanol–water partition coefficient (Wildman–Crippen LogP) is 6.49. The minimum atomic E-state index is -5.06. The summed E-state index contributed by atoms with van der Waals surface area (Å²) in [5, 5.41) is 30.8. The number of rotatable bonds is 12. The molecule has 47 heavy (non-hydrogen) atoms. The molecule has 1 aromatic heterocycles. The van der Waals surface area contributed by atoms with Crippen LogP contribution in [-0.4, -0.2) is 40.2 Å². The van der Waals surface area contributed by atoms with Crippen LogP contribution >= 0.6 is 11.6 Å². The number of aliphatic hydroxyl groups excluding tert-OH is 1. The van der Waals surface area contributed by atoms with Gasteiger partial charge in [0, 0.05) is 41.7 Å². The Morgan fingerprint density at radius 3 is 2.60 bits per heavy atom. The molecule has 4 aromatic rings. The Morgan fingerprint density at radius 2 is 1.87 bits per heavy atom. The number of carboxylic acid groups (broad SMARTS) is 1. The molecule has 0 aliphatic heterocycles. The van der Waals surface area contributed by atoms with E-state index in [0.717, 1.165) is 6.07 Å². The summed E-state index contributed by atoms with van der Waals surface area (Å²) < 4.78 is 69.9. The van der Waals surface area contributed by atoms with Gasteiger partial charge in [0.25, 0.3) is 0 Å². The zero-order chi connectivity index (χ0) is 33.7. The third-order valence-corrected chi connectivity index (χ3v) is 7.71. The van der Waals surface area contributed by atoms with E-state index in [1.54, 1.807) is 24.3 Å². The lowest BCUT2D eigenvalue weighted by molar-refractivity contribution is -0.275. The van der Waals surface area contributed by atoms with Gasteiger partial charge < -0.3 is 24.4 Å². The Hall–Kier alpha value is -4.90. The molecule has 0 saturated heterocycles. The van der Waals surface area contributed by atoms with Gasteiger partial charge >= 0.3 is 12.3 Å². The van der Waals surface area contributed by atoms with Crippen LogP contribution in [-0.2, 0) is 24.4 Å². The highest BCUT2D eigenvalue weighted by Gasteiger charge is 2.34. The number of aromatic nitrogens is 1. The van der Waals surface area contributed by atoms with Gasteiger partial charge in [-0.3, -0.25) is 15.1 Å². The summed E-state index contributed by atoms with van der Waals surface area (Å²) >= 11 is 6.62. The van der Waals surface area contributed by atoms with Gasteiger partial charge in [0.2, 0.25) is 0 Å². The van der Waals surface area contributed by atoms with Crippen molar-refractivity contribution in [2.24, 2.45) is 0 Å². The van der Waals surface area contributed by atoms with Crippen LogP contribution in [0.3, 0.4) is 0 Å². The molecule has 0 saturated carbocycles. The zero-order valence-corrected chi connectivity index (χ0v) is 25.1. The number of nitrogens with one attached hydrogen (secondary N) is 1. The van der Waals surface area contributed by atoms with E-state index in [0.29, 0.717) is 46.2 Å². The number of pyridine rings is 1. The first-order valence-corrected chi connectivity index (χ1v) is 14.5. The number of halogens is 5. The summed E-state index contributed by atoms with van der Waals surface area (Å²) in [4.78, 5) is 15.4. The minimum Gasteiger partial charge on any atom is -0.488 e. The summed E-state index contributed by atoms with van der Waals surface area (Å²) in [5.41, 5.74) is 3.12. The number of fused-ring (bicyclic) bond motifs is 1. The van der Waals surface area contributed by atoms with E-state index in [-0.39, 0.29) is 35.2 Å². The van der Waals surface area contributed by atoms with Crippen molar-refractivity contribution in [1.82, 2.24) is 10.3 Å². The van der Waals surface area contributed by atoms with Crippen molar-refractivity contribution in [2.75, 3.05) is 6.61 Å². The average molecular weight is 672 g/mol. The highest BCUT2D eigenvalue weighted by molar-refractivity contribution is 6.32. The summed E-state index contributed by atoms with van der Waals surface area (Å²) in [6.45, 7) is -0.696. The van der Waals surface area contributed by atoms with Gasteiger partial charge in [0.1, 0.15) is 36.3 Å². The van der Waals surface area contributed by atoms with E-state index in [4.69, 9.17) is 21.1 Å². The second-order valence-electron chi connectivity index (χ2n) is 10.5. The van der Waals surface area contributed by atoms with Crippen molar-refractivity contribution in [3.05, 3.63) is 106 Å². The van der Waals surface area contributed by atoms with Crippen molar-refractivity contribution >= 4 is 17.6 Å². The molecule has 14 heteroatoms. The lowest BCUT2D eigenvalue weighted by Gasteiger charge is -2.20. The standard InChI is InChI=1S/C33H26ClF4N3O6/c34-25-10-20(15-41-26(16-42)32(43)44)29(45-17-19-9-18(12-39)13-40-14-19)11-30(25)46-27-8-7-22-21(3-1-4-23(22)27)24-5-2-6-28(31(24)35)47-33(36,37)38/h1-6,9-11,13-14,26-27,41-42H,7-8,15-17H2,(H,43,44)/t26-,27-/m0/s1. The highest BCUT2D eigenvalue weighted by Crippen LogP contribution is 2.44. The van der Waals surface area contributed by atoms with Gasteiger partial charge in [-0.2, -0.15) is 5.26 Å². The molecule has 0 unspecified atom stereocenters. The van der Waals surface area contributed by atoms with Crippen molar-refractivity contribution in [2.45, 2.75) is 44.5 Å². The molecule has 0 amide bonds. The second-order valence-corrected chi connectivity index (χ2v) is 10.9. The number of ether oxygens (including phenoxy) is 3. The Morgan fingerprint density at radius 1 is 1.11 bits per heavy atom. The van der Waals surface area contributed by atoms with E-state index < -0.39 is 42.7 Å². The van der Waals surface area contributed by atoms with Crippen LogP contribution in [0.25, 0.3) is 11.1 Å². The Kier molecular flexibility index (Phi) is 10.1. The molecule has 1 heterocycles. The molecule has 3 aromatic carbocycles. The molecule has 9 nitrogen and oxygen atoms in total. The molecular weight excluding hydrogens is 646 g/mol. The lowest BCUT2D eigenvalue weighted by Crippen LogP contribution is -2.39. The molecule has 0 spiro atoms. The molecule has 0 radical (unpaired) electrons. The number of nitriles is 1.